The standard InChI is InChI=1S/C22H24N2O3/c1-27-20-10-6-5-9-16(20)12-21(25)24-14-17-11-18(24)13-19(17)23-22(26)15-7-3-2-4-8-15/h2-10,17-19H,11-14H2,1H3,(H,23,26). The highest BCUT2D eigenvalue weighted by atomic mass is 16.5. The summed E-state index contributed by atoms with van der Waals surface area (Å²) in [4.78, 5) is 27.2. The predicted molar refractivity (Wildman–Crippen MR) is 103 cm³/mol. The summed E-state index contributed by atoms with van der Waals surface area (Å²) in [6.07, 6.45) is 2.16. The van der Waals surface area contributed by atoms with Crippen LogP contribution in [0.15, 0.2) is 54.6 Å². The van der Waals surface area contributed by atoms with E-state index in [1.807, 2.05) is 59.5 Å². The minimum absolute atomic E-state index is 0.0277. The van der Waals surface area contributed by atoms with E-state index in [4.69, 9.17) is 4.74 Å². The number of hydrogen-bond acceptors (Lipinski definition) is 3. The lowest BCUT2D eigenvalue weighted by atomic mass is 10.0. The molecule has 2 aliphatic rings. The molecule has 1 aliphatic carbocycles. The van der Waals surface area contributed by atoms with Gasteiger partial charge in [-0.05, 0) is 37.0 Å². The first-order valence-corrected chi connectivity index (χ1v) is 9.43. The van der Waals surface area contributed by atoms with Gasteiger partial charge in [0.15, 0.2) is 0 Å². The zero-order valence-corrected chi connectivity index (χ0v) is 15.4. The van der Waals surface area contributed by atoms with Crippen LogP contribution in [-0.4, -0.2) is 42.5 Å². The van der Waals surface area contributed by atoms with Gasteiger partial charge in [-0.15, -0.1) is 0 Å². The molecular weight excluding hydrogens is 340 g/mol. The minimum Gasteiger partial charge on any atom is -0.496 e. The van der Waals surface area contributed by atoms with Crippen molar-refractivity contribution in [3.05, 3.63) is 65.7 Å². The van der Waals surface area contributed by atoms with E-state index in [1.165, 1.54) is 0 Å². The fourth-order valence-corrected chi connectivity index (χ4v) is 4.39. The zero-order chi connectivity index (χ0) is 18.8. The van der Waals surface area contributed by atoms with Crippen molar-refractivity contribution in [2.45, 2.75) is 31.3 Å². The molecule has 5 heteroatoms. The number of rotatable bonds is 5. The van der Waals surface area contributed by atoms with Crippen LogP contribution < -0.4 is 10.1 Å². The number of nitrogens with zero attached hydrogens (tertiary/aromatic N) is 1. The highest BCUT2D eigenvalue weighted by Crippen LogP contribution is 2.38. The summed E-state index contributed by atoms with van der Waals surface area (Å²) >= 11 is 0. The number of carbonyl (C=O) groups excluding carboxylic acids is 2. The molecule has 2 aromatic carbocycles. The van der Waals surface area contributed by atoms with Crippen molar-refractivity contribution in [2.24, 2.45) is 5.92 Å². The molecule has 140 valence electrons. The third-order valence-electron chi connectivity index (χ3n) is 5.75. The van der Waals surface area contributed by atoms with Crippen LogP contribution in [0.2, 0.25) is 0 Å². The van der Waals surface area contributed by atoms with Gasteiger partial charge in [0.05, 0.1) is 13.5 Å². The maximum Gasteiger partial charge on any atom is 0.251 e. The largest absolute Gasteiger partial charge is 0.496 e. The monoisotopic (exact) mass is 364 g/mol. The number of nitrogens with one attached hydrogen (secondary N) is 1. The Morgan fingerprint density at radius 2 is 1.81 bits per heavy atom. The van der Waals surface area contributed by atoms with Gasteiger partial charge in [0.25, 0.3) is 5.91 Å². The molecule has 4 rings (SSSR count). The van der Waals surface area contributed by atoms with Gasteiger partial charge < -0.3 is 15.0 Å². The van der Waals surface area contributed by atoms with Gasteiger partial charge in [-0.25, -0.2) is 0 Å². The Morgan fingerprint density at radius 1 is 1.07 bits per heavy atom. The first-order valence-electron chi connectivity index (χ1n) is 9.43. The Kier molecular flexibility index (Phi) is 4.84. The number of methoxy groups -OCH3 is 1. The number of piperidine rings is 1. The van der Waals surface area contributed by atoms with Crippen molar-refractivity contribution in [2.75, 3.05) is 13.7 Å². The maximum atomic E-state index is 12.8. The number of amides is 2. The lowest BCUT2D eigenvalue weighted by molar-refractivity contribution is -0.132. The second-order valence-electron chi connectivity index (χ2n) is 7.37. The Hall–Kier alpha value is -2.82. The normalized spacial score (nSPS) is 23.3. The molecular formula is C22H24N2O3. The molecule has 1 saturated heterocycles. The number of hydrogen-bond donors (Lipinski definition) is 1. The molecule has 5 nitrogen and oxygen atoms in total. The van der Waals surface area contributed by atoms with Crippen LogP contribution in [0.4, 0.5) is 0 Å². The average molecular weight is 364 g/mol. The van der Waals surface area contributed by atoms with Crippen molar-refractivity contribution in [3.8, 4) is 5.75 Å². The molecule has 1 saturated carbocycles. The average Bonchev–Trinajstić information content (AvgIpc) is 3.29. The van der Waals surface area contributed by atoms with Crippen molar-refractivity contribution in [1.82, 2.24) is 10.2 Å². The van der Waals surface area contributed by atoms with Gasteiger partial charge in [-0.1, -0.05) is 36.4 Å². The van der Waals surface area contributed by atoms with Crippen LogP contribution in [0.1, 0.15) is 28.8 Å². The predicted octanol–water partition coefficient (Wildman–Crippen LogP) is 2.66. The zero-order valence-electron chi connectivity index (χ0n) is 15.4. The molecule has 1 aliphatic heterocycles. The Morgan fingerprint density at radius 3 is 2.52 bits per heavy atom. The number of fused-ring (bicyclic) bond motifs is 2. The van der Waals surface area contributed by atoms with Crippen LogP contribution in [0.25, 0.3) is 0 Å². The molecule has 0 spiro atoms. The van der Waals surface area contributed by atoms with Crippen molar-refractivity contribution in [1.29, 1.82) is 0 Å². The second-order valence-corrected chi connectivity index (χ2v) is 7.37. The van der Waals surface area contributed by atoms with E-state index in [9.17, 15) is 9.59 Å². The van der Waals surface area contributed by atoms with Gasteiger partial charge in [-0.3, -0.25) is 9.59 Å². The van der Waals surface area contributed by atoms with Gasteiger partial charge in [0.1, 0.15) is 5.75 Å². The van der Waals surface area contributed by atoms with E-state index >= 15 is 0 Å². The van der Waals surface area contributed by atoms with Crippen LogP contribution in [0.5, 0.6) is 5.75 Å². The highest BCUT2D eigenvalue weighted by Gasteiger charge is 2.46. The summed E-state index contributed by atoms with van der Waals surface area (Å²) in [5, 5.41) is 3.16. The Bertz CT molecular complexity index is 836. The summed E-state index contributed by atoms with van der Waals surface area (Å²) in [5.74, 6) is 1.20. The van der Waals surface area contributed by atoms with Gasteiger partial charge >= 0.3 is 0 Å². The van der Waals surface area contributed by atoms with Crippen molar-refractivity contribution >= 4 is 11.8 Å². The highest BCUT2D eigenvalue weighted by molar-refractivity contribution is 5.94. The molecule has 3 unspecified atom stereocenters. The molecule has 2 fully saturated rings. The molecule has 2 bridgehead atoms. The van der Waals surface area contributed by atoms with Crippen LogP contribution in [0.3, 0.4) is 0 Å². The van der Waals surface area contributed by atoms with Crippen LogP contribution in [0, 0.1) is 5.92 Å². The molecule has 1 heterocycles. The van der Waals surface area contributed by atoms with Crippen LogP contribution in [-0.2, 0) is 11.2 Å². The third kappa shape index (κ3) is 3.54. The molecule has 27 heavy (non-hydrogen) atoms. The molecule has 2 amide bonds. The smallest absolute Gasteiger partial charge is 0.251 e. The lowest BCUT2D eigenvalue weighted by Gasteiger charge is -2.32. The van der Waals surface area contributed by atoms with Crippen molar-refractivity contribution in [3.63, 3.8) is 0 Å². The quantitative estimate of drug-likeness (QED) is 0.887. The Balaban J connectivity index is 1.36. The van der Waals surface area contributed by atoms with Gasteiger partial charge in [-0.2, -0.15) is 0 Å². The number of likely N-dealkylation sites (tertiary alicyclic amines) is 1. The molecule has 1 N–H and O–H groups in total. The number of benzene rings is 2. The molecule has 0 radical (unpaired) electrons. The molecule has 0 aromatic heterocycles. The van der Waals surface area contributed by atoms with E-state index in [2.05, 4.69) is 5.32 Å². The number of carbonyl (C=O) groups is 2. The SMILES string of the molecule is COc1ccccc1CC(=O)N1CC2CC1CC2NC(=O)c1ccccc1. The van der Waals surface area contributed by atoms with Crippen molar-refractivity contribution < 1.29 is 14.3 Å². The Labute approximate surface area is 159 Å². The van der Waals surface area contributed by atoms with Gasteiger partial charge in [0, 0.05) is 29.8 Å². The topological polar surface area (TPSA) is 58.6 Å². The summed E-state index contributed by atoms with van der Waals surface area (Å²) in [5.41, 5.74) is 1.60. The van der Waals surface area contributed by atoms with E-state index in [0.717, 1.165) is 30.7 Å². The fraction of sp³-hybridized carbons (Fsp3) is 0.364. The first-order chi connectivity index (χ1) is 13.2. The van der Waals surface area contributed by atoms with E-state index in [-0.39, 0.29) is 23.9 Å². The maximum absolute atomic E-state index is 12.8. The van der Waals surface area contributed by atoms with Crippen LogP contribution >= 0.6 is 0 Å². The second kappa shape index (κ2) is 7.43. The summed E-state index contributed by atoms with van der Waals surface area (Å²) in [7, 11) is 1.63. The molecule has 3 atom stereocenters. The minimum atomic E-state index is -0.0277. The number of ether oxygens (including phenoxy) is 1. The van der Waals surface area contributed by atoms with E-state index < -0.39 is 0 Å². The third-order valence-corrected chi connectivity index (χ3v) is 5.75. The summed E-state index contributed by atoms with van der Waals surface area (Å²) in [6.45, 7) is 0.721. The summed E-state index contributed by atoms with van der Waals surface area (Å²) < 4.78 is 5.36. The first kappa shape index (κ1) is 17.6. The lowest BCUT2D eigenvalue weighted by Crippen LogP contribution is -2.48. The van der Waals surface area contributed by atoms with E-state index in [0.29, 0.717) is 17.9 Å². The van der Waals surface area contributed by atoms with E-state index in [1.54, 1.807) is 7.11 Å². The summed E-state index contributed by atoms with van der Waals surface area (Å²) in [6, 6.07) is 17.3. The molecule has 2 aromatic rings. The fourth-order valence-electron chi connectivity index (χ4n) is 4.39. The van der Waals surface area contributed by atoms with Gasteiger partial charge in [0.2, 0.25) is 5.91 Å². The number of para-hydroxylation sites is 1.